The normalized spacial score (nSPS) is 21.0. The number of amides is 2. The molecule has 2 aliphatic heterocycles. The van der Waals surface area contributed by atoms with Gasteiger partial charge in [0.25, 0.3) is 0 Å². The number of rotatable bonds is 4. The molecule has 1 N–H and O–H groups in total. The van der Waals surface area contributed by atoms with E-state index in [0.29, 0.717) is 25.9 Å². The number of aliphatic imine (C=N–C) groups is 2. The van der Waals surface area contributed by atoms with Gasteiger partial charge in [0, 0.05) is 38.0 Å². The second kappa shape index (κ2) is 8.54. The summed E-state index contributed by atoms with van der Waals surface area (Å²) in [7, 11) is -1.57. The topological polar surface area (TPSA) is 94.4 Å². The summed E-state index contributed by atoms with van der Waals surface area (Å²) in [4.78, 5) is 22.4. The van der Waals surface area contributed by atoms with Crippen molar-refractivity contribution in [3.63, 3.8) is 0 Å². The van der Waals surface area contributed by atoms with Gasteiger partial charge in [0.1, 0.15) is 17.8 Å². The van der Waals surface area contributed by atoms with E-state index in [-0.39, 0.29) is 29.9 Å². The van der Waals surface area contributed by atoms with Crippen LogP contribution in [0.3, 0.4) is 0 Å². The Labute approximate surface area is 168 Å². The van der Waals surface area contributed by atoms with Gasteiger partial charge in [-0.15, -0.1) is 0 Å². The van der Waals surface area contributed by atoms with Crippen LogP contribution in [0, 0.1) is 11.6 Å². The smallest absolute Gasteiger partial charge is 0.319 e. The van der Waals surface area contributed by atoms with Crippen LogP contribution in [-0.2, 0) is 10.0 Å². The lowest BCUT2D eigenvalue weighted by molar-refractivity contribution is 0.160. The summed E-state index contributed by atoms with van der Waals surface area (Å²) in [5.41, 5.74) is 0.238. The lowest BCUT2D eigenvalue weighted by Gasteiger charge is -2.36. The zero-order valence-corrected chi connectivity index (χ0v) is 17.0. The van der Waals surface area contributed by atoms with Crippen LogP contribution in [0.4, 0.5) is 13.6 Å². The molecular weight excluding hydrogens is 404 g/mol. The number of urea groups is 1. The third kappa shape index (κ3) is 5.15. The molecular formula is C18H23F2N5O3S. The highest BCUT2D eigenvalue weighted by atomic mass is 32.2. The molecule has 0 radical (unpaired) electrons. The van der Waals surface area contributed by atoms with Gasteiger partial charge in [-0.25, -0.2) is 26.3 Å². The van der Waals surface area contributed by atoms with E-state index >= 15 is 0 Å². The molecule has 3 rings (SSSR count). The number of sulfonamides is 1. The lowest BCUT2D eigenvalue weighted by Crippen LogP contribution is -2.52. The van der Waals surface area contributed by atoms with Crippen molar-refractivity contribution in [3.05, 3.63) is 35.4 Å². The number of halogens is 2. The Hall–Kier alpha value is -2.40. The van der Waals surface area contributed by atoms with Gasteiger partial charge in [0.2, 0.25) is 10.0 Å². The summed E-state index contributed by atoms with van der Waals surface area (Å²) in [5.74, 6) is -1.17. The molecule has 2 aliphatic rings. The molecule has 0 aromatic heterocycles. The molecule has 1 unspecified atom stereocenters. The van der Waals surface area contributed by atoms with Crippen LogP contribution in [-0.4, -0.2) is 80.7 Å². The summed E-state index contributed by atoms with van der Waals surface area (Å²) >= 11 is 0. The number of benzene rings is 1. The van der Waals surface area contributed by atoms with Gasteiger partial charge in [0.05, 0.1) is 18.5 Å². The zero-order chi connectivity index (χ0) is 21.2. The summed E-state index contributed by atoms with van der Waals surface area (Å²) in [6.45, 7) is 0.846. The molecule has 0 spiro atoms. The number of carbonyl (C=O) groups is 1. The van der Waals surface area contributed by atoms with E-state index in [2.05, 4.69) is 15.3 Å². The van der Waals surface area contributed by atoms with Crippen molar-refractivity contribution < 1.29 is 22.0 Å². The van der Waals surface area contributed by atoms with Crippen molar-refractivity contribution in [1.82, 2.24) is 14.5 Å². The maximum absolute atomic E-state index is 13.8. The third-order valence-corrected chi connectivity index (χ3v) is 6.37. The van der Waals surface area contributed by atoms with E-state index in [1.54, 1.807) is 11.9 Å². The first kappa shape index (κ1) is 21.3. The van der Waals surface area contributed by atoms with Gasteiger partial charge in [-0.1, -0.05) is 0 Å². The molecule has 1 aromatic rings. The van der Waals surface area contributed by atoms with E-state index < -0.39 is 27.8 Å². The van der Waals surface area contributed by atoms with Crippen LogP contribution in [0.15, 0.2) is 28.2 Å². The largest absolute Gasteiger partial charge is 0.325 e. The summed E-state index contributed by atoms with van der Waals surface area (Å²) < 4.78 is 51.8. The van der Waals surface area contributed by atoms with Crippen LogP contribution < -0.4 is 5.32 Å². The number of nitrogens with zero attached hydrogens (tertiary/aromatic N) is 4. The Balaban J connectivity index is 1.54. The Morgan fingerprint density at radius 2 is 1.97 bits per heavy atom. The molecule has 2 heterocycles. The van der Waals surface area contributed by atoms with Crippen LogP contribution >= 0.6 is 0 Å². The molecule has 1 fully saturated rings. The van der Waals surface area contributed by atoms with Crippen LogP contribution in [0.25, 0.3) is 0 Å². The Kier molecular flexibility index (Phi) is 6.27. The lowest BCUT2D eigenvalue weighted by atomic mass is 10.1. The molecule has 11 heteroatoms. The van der Waals surface area contributed by atoms with E-state index in [1.807, 2.05) is 0 Å². The maximum atomic E-state index is 13.8. The molecule has 0 bridgehead atoms. The number of hydrogen-bond acceptors (Lipinski definition) is 5. The molecule has 1 atom stereocenters. The average molecular weight is 427 g/mol. The molecule has 1 saturated heterocycles. The highest BCUT2D eigenvalue weighted by Crippen LogP contribution is 2.18. The number of hydrogen-bond donors (Lipinski definition) is 1. The minimum atomic E-state index is -3.22. The Bertz CT molecular complexity index is 943. The van der Waals surface area contributed by atoms with Crippen molar-refractivity contribution >= 4 is 28.0 Å². The number of carbonyl (C=O) groups excluding carboxylic acids is 1. The monoisotopic (exact) mass is 427 g/mol. The fourth-order valence-corrected chi connectivity index (χ4v) is 4.21. The van der Waals surface area contributed by atoms with Gasteiger partial charge in [-0.2, -0.15) is 0 Å². The van der Waals surface area contributed by atoms with Gasteiger partial charge in [-0.05, 0) is 31.0 Å². The third-order valence-electron chi connectivity index (χ3n) is 5.07. The van der Waals surface area contributed by atoms with Gasteiger partial charge in [-0.3, -0.25) is 9.98 Å². The van der Waals surface area contributed by atoms with Gasteiger partial charge in [0.15, 0.2) is 0 Å². The van der Waals surface area contributed by atoms with E-state index in [4.69, 9.17) is 0 Å². The van der Waals surface area contributed by atoms with E-state index in [0.717, 1.165) is 18.2 Å². The summed E-state index contributed by atoms with van der Waals surface area (Å²) in [5, 5.41) is 2.74. The second-order valence-corrected chi connectivity index (χ2v) is 9.08. The highest BCUT2D eigenvalue weighted by molar-refractivity contribution is 7.88. The Morgan fingerprint density at radius 1 is 1.28 bits per heavy atom. The standard InChI is InChI=1S/C18H23F2N5O3S/c1-24(13-5-7-25(8-6-13)29(2,27)28)18(26)23-17-11-21-16(10-22-17)14-9-12(19)3-4-15(14)20/h3-4,9-10,13,17H,5-8,11H2,1-2H3,(H,23,26). The zero-order valence-electron chi connectivity index (χ0n) is 16.2. The predicted molar refractivity (Wildman–Crippen MR) is 106 cm³/mol. The van der Waals surface area contributed by atoms with E-state index in [1.165, 1.54) is 16.8 Å². The average Bonchev–Trinajstić information content (AvgIpc) is 2.69. The first-order valence-electron chi connectivity index (χ1n) is 9.16. The molecule has 2 amide bonds. The number of piperidine rings is 1. The fraction of sp³-hybridized carbons (Fsp3) is 0.500. The maximum Gasteiger partial charge on any atom is 0.319 e. The van der Waals surface area contributed by atoms with Gasteiger partial charge >= 0.3 is 6.03 Å². The SMILES string of the molecule is CN(C(=O)NC1CN=C(c2cc(F)ccc2F)C=N1)C1CCN(S(C)(=O)=O)CC1. The minimum absolute atomic E-state index is 0.0216. The van der Waals surface area contributed by atoms with Crippen molar-refractivity contribution in [3.8, 4) is 0 Å². The molecule has 1 aromatic carbocycles. The molecule has 8 nitrogen and oxygen atoms in total. The van der Waals surface area contributed by atoms with E-state index in [9.17, 15) is 22.0 Å². The Morgan fingerprint density at radius 3 is 2.55 bits per heavy atom. The summed E-state index contributed by atoms with van der Waals surface area (Å²) in [6, 6.07) is 2.68. The van der Waals surface area contributed by atoms with Crippen LogP contribution in [0.2, 0.25) is 0 Å². The van der Waals surface area contributed by atoms with Crippen molar-refractivity contribution in [2.75, 3.05) is 32.9 Å². The van der Waals surface area contributed by atoms with Crippen LogP contribution in [0.1, 0.15) is 18.4 Å². The molecule has 0 aliphatic carbocycles. The first-order valence-corrected chi connectivity index (χ1v) is 11.0. The van der Waals surface area contributed by atoms with Gasteiger partial charge < -0.3 is 10.2 Å². The first-order chi connectivity index (χ1) is 13.6. The van der Waals surface area contributed by atoms with Crippen LogP contribution in [0.5, 0.6) is 0 Å². The predicted octanol–water partition coefficient (Wildman–Crippen LogP) is 1.23. The second-order valence-electron chi connectivity index (χ2n) is 7.10. The number of nitrogens with one attached hydrogen (secondary N) is 1. The van der Waals surface area contributed by atoms with Crippen molar-refractivity contribution in [2.24, 2.45) is 9.98 Å². The molecule has 158 valence electrons. The molecule has 29 heavy (non-hydrogen) atoms. The quantitative estimate of drug-likeness (QED) is 0.783. The highest BCUT2D eigenvalue weighted by Gasteiger charge is 2.29. The van der Waals surface area contributed by atoms with Crippen molar-refractivity contribution in [2.45, 2.75) is 25.0 Å². The fourth-order valence-electron chi connectivity index (χ4n) is 3.34. The van der Waals surface area contributed by atoms with Crippen molar-refractivity contribution in [1.29, 1.82) is 0 Å². The molecule has 0 saturated carbocycles. The summed E-state index contributed by atoms with van der Waals surface area (Å²) in [6.07, 6.45) is 2.98. The minimum Gasteiger partial charge on any atom is -0.325 e.